The van der Waals surface area contributed by atoms with Crippen LogP contribution in [-0.2, 0) is 41.4 Å². The van der Waals surface area contributed by atoms with Crippen LogP contribution in [-0.4, -0.2) is 30.0 Å². The minimum absolute atomic E-state index is 0.154. The van der Waals surface area contributed by atoms with Gasteiger partial charge < -0.3 is 0 Å². The Morgan fingerprint density at radius 2 is 0.944 bits per heavy atom. The summed E-state index contributed by atoms with van der Waals surface area (Å²) in [6.07, 6.45) is 4.58. The van der Waals surface area contributed by atoms with E-state index in [-0.39, 0.29) is 23.0 Å². The van der Waals surface area contributed by atoms with Crippen LogP contribution in [0.3, 0.4) is 0 Å². The minimum Gasteiger partial charge on any atom is -0.266 e. The second kappa shape index (κ2) is 13.1. The Bertz CT molecular complexity index is 1210. The molecule has 0 aliphatic carbocycles. The van der Waals surface area contributed by atoms with Crippen molar-refractivity contribution in [3.05, 3.63) is 95.1 Å². The van der Waals surface area contributed by atoms with Crippen molar-refractivity contribution in [1.82, 2.24) is 0 Å². The summed E-state index contributed by atoms with van der Waals surface area (Å²) in [7, 11) is -7.44. The highest BCUT2D eigenvalue weighted by Gasteiger charge is 2.15. The first-order valence-corrected chi connectivity index (χ1v) is 15.0. The van der Waals surface area contributed by atoms with E-state index in [0.717, 1.165) is 36.8 Å². The molecule has 8 heteroatoms. The lowest BCUT2D eigenvalue weighted by atomic mass is 10.0. The Morgan fingerprint density at radius 1 is 0.556 bits per heavy atom. The van der Waals surface area contributed by atoms with Gasteiger partial charge in [-0.15, -0.1) is 0 Å². The number of aryl methyl sites for hydroxylation is 4. The number of hydrogen-bond acceptors (Lipinski definition) is 6. The molecule has 0 spiro atoms. The monoisotopic (exact) mass is 530 g/mol. The quantitative estimate of drug-likeness (QED) is 0.195. The first-order valence-electron chi connectivity index (χ1n) is 12.2. The van der Waals surface area contributed by atoms with Gasteiger partial charge in [-0.05, 0) is 87.8 Å². The Hall–Kier alpha value is -2.52. The first kappa shape index (κ1) is 28.1. The van der Waals surface area contributed by atoms with E-state index in [1.165, 1.54) is 11.1 Å². The lowest BCUT2D eigenvalue weighted by molar-refractivity contribution is 0.308. The molecule has 0 bridgehead atoms. The maximum atomic E-state index is 12.2. The summed E-state index contributed by atoms with van der Waals surface area (Å²) in [5, 5.41) is 0. The molecule has 36 heavy (non-hydrogen) atoms. The van der Waals surface area contributed by atoms with Gasteiger partial charge in [-0.3, -0.25) is 8.37 Å². The number of rotatable bonds is 14. The van der Waals surface area contributed by atoms with Crippen LogP contribution in [0.4, 0.5) is 0 Å². The molecular weight excluding hydrogens is 496 g/mol. The third-order valence-corrected chi connectivity index (χ3v) is 8.46. The van der Waals surface area contributed by atoms with Gasteiger partial charge in [0.2, 0.25) is 0 Å². The molecule has 0 aliphatic rings. The minimum atomic E-state index is -3.72. The molecule has 0 N–H and O–H groups in total. The van der Waals surface area contributed by atoms with E-state index in [2.05, 4.69) is 18.2 Å². The van der Waals surface area contributed by atoms with E-state index in [4.69, 9.17) is 8.37 Å². The summed E-state index contributed by atoms with van der Waals surface area (Å²) in [4.78, 5) is 0.359. The topological polar surface area (TPSA) is 86.7 Å². The van der Waals surface area contributed by atoms with E-state index in [1.54, 1.807) is 48.5 Å². The van der Waals surface area contributed by atoms with E-state index >= 15 is 0 Å². The van der Waals surface area contributed by atoms with Gasteiger partial charge in [0.1, 0.15) is 0 Å². The molecule has 0 aromatic heterocycles. The average Bonchev–Trinajstić information content (AvgIpc) is 2.84. The smallest absolute Gasteiger partial charge is 0.266 e. The van der Waals surface area contributed by atoms with Crippen molar-refractivity contribution in [2.24, 2.45) is 0 Å². The fraction of sp³-hybridized carbons (Fsp3) is 0.357. The van der Waals surface area contributed by atoms with E-state index < -0.39 is 20.2 Å². The molecule has 3 rings (SSSR count). The van der Waals surface area contributed by atoms with Gasteiger partial charge in [-0.2, -0.15) is 16.8 Å². The Kier molecular flexibility index (Phi) is 10.2. The molecule has 0 amide bonds. The van der Waals surface area contributed by atoms with Crippen molar-refractivity contribution in [1.29, 1.82) is 0 Å². The highest BCUT2D eigenvalue weighted by atomic mass is 32.2. The number of unbranched alkanes of at least 4 members (excludes halogenated alkanes) is 2. The van der Waals surface area contributed by atoms with E-state index in [0.29, 0.717) is 12.8 Å². The Morgan fingerprint density at radius 3 is 1.33 bits per heavy atom. The van der Waals surface area contributed by atoms with Gasteiger partial charge in [0.25, 0.3) is 20.2 Å². The van der Waals surface area contributed by atoms with Crippen LogP contribution >= 0.6 is 0 Å². The summed E-state index contributed by atoms with van der Waals surface area (Å²) in [6.45, 7) is 4.12. The van der Waals surface area contributed by atoms with Gasteiger partial charge in [-0.1, -0.05) is 59.7 Å². The standard InChI is InChI=1S/C28H34O6S2/c1-23-12-16-27(17-13-23)35(29,30)33-20-5-3-8-25-10-7-11-26(22-25)9-4-6-21-34-36(31,32)28-18-14-24(2)15-19-28/h7,10-19,22H,3-6,8-9,20-21H2,1-2H3. The molecule has 0 aliphatic heterocycles. The van der Waals surface area contributed by atoms with Gasteiger partial charge in [-0.25, -0.2) is 0 Å². The molecule has 0 fully saturated rings. The van der Waals surface area contributed by atoms with Gasteiger partial charge in [0.05, 0.1) is 23.0 Å². The van der Waals surface area contributed by atoms with Gasteiger partial charge in [0, 0.05) is 0 Å². The van der Waals surface area contributed by atoms with Crippen LogP contribution in [0.5, 0.6) is 0 Å². The van der Waals surface area contributed by atoms with Crippen molar-refractivity contribution in [2.75, 3.05) is 13.2 Å². The number of hydrogen-bond donors (Lipinski definition) is 0. The average molecular weight is 531 g/mol. The second-order valence-corrected chi connectivity index (χ2v) is 12.1. The zero-order valence-electron chi connectivity index (χ0n) is 20.9. The molecule has 3 aromatic rings. The maximum absolute atomic E-state index is 12.2. The summed E-state index contributed by atoms with van der Waals surface area (Å²) in [5.41, 5.74) is 4.37. The fourth-order valence-electron chi connectivity index (χ4n) is 3.69. The van der Waals surface area contributed by atoms with Gasteiger partial charge in [0.15, 0.2) is 0 Å². The highest BCUT2D eigenvalue weighted by Crippen LogP contribution is 2.16. The molecule has 0 heterocycles. The zero-order valence-corrected chi connectivity index (χ0v) is 22.5. The van der Waals surface area contributed by atoms with Crippen LogP contribution in [0.15, 0.2) is 82.6 Å². The lowest BCUT2D eigenvalue weighted by Gasteiger charge is -2.08. The van der Waals surface area contributed by atoms with Crippen LogP contribution in [0.2, 0.25) is 0 Å². The van der Waals surface area contributed by atoms with Crippen LogP contribution < -0.4 is 0 Å². The normalized spacial score (nSPS) is 12.1. The van der Waals surface area contributed by atoms with Gasteiger partial charge >= 0.3 is 0 Å². The second-order valence-electron chi connectivity index (χ2n) is 8.91. The van der Waals surface area contributed by atoms with Crippen molar-refractivity contribution in [3.63, 3.8) is 0 Å². The van der Waals surface area contributed by atoms with Crippen molar-refractivity contribution in [3.8, 4) is 0 Å². The predicted octanol–water partition coefficient (Wildman–Crippen LogP) is 5.76. The highest BCUT2D eigenvalue weighted by molar-refractivity contribution is 7.87. The molecule has 3 aromatic carbocycles. The van der Waals surface area contributed by atoms with Crippen molar-refractivity contribution < 1.29 is 25.2 Å². The first-order chi connectivity index (χ1) is 17.2. The fourth-order valence-corrected chi connectivity index (χ4v) is 5.57. The van der Waals surface area contributed by atoms with Crippen molar-refractivity contribution >= 4 is 20.2 Å². The van der Waals surface area contributed by atoms with Crippen LogP contribution in [0, 0.1) is 13.8 Å². The molecule has 194 valence electrons. The SMILES string of the molecule is Cc1ccc(S(=O)(=O)OCCCCc2cccc(CCCCOS(=O)(=O)c3ccc(C)cc3)c2)cc1. The molecule has 0 radical (unpaired) electrons. The van der Waals surface area contributed by atoms with Crippen LogP contribution in [0.25, 0.3) is 0 Å². The predicted molar refractivity (Wildman–Crippen MR) is 141 cm³/mol. The third-order valence-electron chi connectivity index (χ3n) is 5.81. The zero-order chi connectivity index (χ0) is 26.0. The molecule has 6 nitrogen and oxygen atoms in total. The summed E-state index contributed by atoms with van der Waals surface area (Å²) < 4.78 is 59.3. The van der Waals surface area contributed by atoms with E-state index in [1.807, 2.05) is 19.9 Å². The lowest BCUT2D eigenvalue weighted by Crippen LogP contribution is -2.08. The molecular formula is C28H34O6S2. The Balaban J connectivity index is 1.35. The van der Waals surface area contributed by atoms with Crippen LogP contribution in [0.1, 0.15) is 47.9 Å². The summed E-state index contributed by atoms with van der Waals surface area (Å²) in [5.74, 6) is 0. The maximum Gasteiger partial charge on any atom is 0.296 e. The van der Waals surface area contributed by atoms with E-state index in [9.17, 15) is 16.8 Å². The molecule has 0 unspecified atom stereocenters. The molecule has 0 saturated heterocycles. The Labute approximate surface area is 215 Å². The van der Waals surface area contributed by atoms with Crippen molar-refractivity contribution in [2.45, 2.75) is 62.2 Å². The summed E-state index contributed by atoms with van der Waals surface area (Å²) >= 11 is 0. The molecule has 0 atom stereocenters. The summed E-state index contributed by atoms with van der Waals surface area (Å²) in [6, 6.07) is 21.5. The molecule has 0 saturated carbocycles. The largest absolute Gasteiger partial charge is 0.296 e. The number of benzene rings is 3. The third kappa shape index (κ3) is 8.85.